The number of aliphatic imine (C=N–C) groups is 1. The zero-order chi connectivity index (χ0) is 20.7. The molecule has 2 rings (SSSR count). The summed E-state index contributed by atoms with van der Waals surface area (Å²) in [7, 11) is 1.66. The highest BCUT2D eigenvalue weighted by Crippen LogP contribution is 2.12. The molecule has 1 aliphatic rings. The number of rotatable bonds is 11. The van der Waals surface area contributed by atoms with Crippen LogP contribution in [0.5, 0.6) is 5.75 Å². The number of amides is 1. The molecule has 2 N–H and O–H groups in total. The molecule has 0 aliphatic carbocycles. The summed E-state index contributed by atoms with van der Waals surface area (Å²) < 4.78 is 10.6. The molecule has 0 spiro atoms. The van der Waals surface area contributed by atoms with E-state index in [-0.39, 0.29) is 29.9 Å². The fraction of sp³-hybridized carbons (Fsp3) is 0.636. The Morgan fingerprint density at radius 3 is 2.47 bits per heavy atom. The number of benzene rings is 1. The number of hydrogen-bond donors (Lipinski definition) is 2. The molecule has 170 valence electrons. The number of methoxy groups -OCH3 is 1. The molecule has 1 heterocycles. The van der Waals surface area contributed by atoms with Crippen molar-refractivity contribution in [1.29, 1.82) is 0 Å². The predicted molar refractivity (Wildman–Crippen MR) is 132 cm³/mol. The Balaban J connectivity index is 0.00000450. The summed E-state index contributed by atoms with van der Waals surface area (Å²) in [5.41, 5.74) is 1.10. The van der Waals surface area contributed by atoms with E-state index < -0.39 is 0 Å². The maximum absolute atomic E-state index is 12.3. The zero-order valence-electron chi connectivity index (χ0n) is 18.3. The maximum atomic E-state index is 12.3. The summed E-state index contributed by atoms with van der Waals surface area (Å²) >= 11 is 0. The molecule has 1 fully saturated rings. The van der Waals surface area contributed by atoms with Gasteiger partial charge in [-0.25, -0.2) is 4.99 Å². The highest BCUT2D eigenvalue weighted by Gasteiger charge is 2.15. The van der Waals surface area contributed by atoms with Crippen molar-refractivity contribution in [3.63, 3.8) is 0 Å². The minimum absolute atomic E-state index is 0. The number of piperidine rings is 1. The number of halogens is 1. The van der Waals surface area contributed by atoms with Crippen LogP contribution in [0.4, 0.5) is 0 Å². The second-order valence-electron chi connectivity index (χ2n) is 7.11. The molecule has 1 aliphatic heterocycles. The second-order valence-corrected chi connectivity index (χ2v) is 7.11. The molecule has 1 aromatic rings. The van der Waals surface area contributed by atoms with E-state index in [9.17, 15) is 4.79 Å². The summed E-state index contributed by atoms with van der Waals surface area (Å²) in [4.78, 5) is 19.0. The summed E-state index contributed by atoms with van der Waals surface area (Å²) in [6.45, 7) is 7.16. The van der Waals surface area contributed by atoms with Gasteiger partial charge in [-0.05, 0) is 50.3 Å². The van der Waals surface area contributed by atoms with Crippen molar-refractivity contribution in [2.75, 3.05) is 46.5 Å². The van der Waals surface area contributed by atoms with Gasteiger partial charge in [0.1, 0.15) is 5.75 Å². The van der Waals surface area contributed by atoms with E-state index in [0.29, 0.717) is 19.5 Å². The fourth-order valence-electron chi connectivity index (χ4n) is 3.19. The van der Waals surface area contributed by atoms with E-state index in [4.69, 9.17) is 9.47 Å². The lowest BCUT2D eigenvalue weighted by Crippen LogP contribution is -2.41. The van der Waals surface area contributed by atoms with Crippen LogP contribution in [0.15, 0.2) is 29.3 Å². The van der Waals surface area contributed by atoms with Gasteiger partial charge >= 0.3 is 0 Å². The Labute approximate surface area is 198 Å². The number of guanidine groups is 1. The molecule has 0 aromatic heterocycles. The lowest BCUT2D eigenvalue weighted by Gasteiger charge is -2.26. The Hall–Kier alpha value is -1.55. The van der Waals surface area contributed by atoms with E-state index >= 15 is 0 Å². The lowest BCUT2D eigenvalue weighted by molar-refractivity contribution is -0.131. The fourth-order valence-corrected chi connectivity index (χ4v) is 3.19. The van der Waals surface area contributed by atoms with Crippen LogP contribution in [0.3, 0.4) is 0 Å². The third-order valence-corrected chi connectivity index (χ3v) is 4.88. The summed E-state index contributed by atoms with van der Waals surface area (Å²) in [6, 6.07) is 7.89. The molecule has 0 atom stereocenters. The number of nitrogens with one attached hydrogen (secondary N) is 2. The Kier molecular flexibility index (Phi) is 14.3. The van der Waals surface area contributed by atoms with Crippen LogP contribution in [-0.4, -0.2) is 63.3 Å². The largest absolute Gasteiger partial charge is 0.497 e. The smallest absolute Gasteiger partial charge is 0.224 e. The molecular weight excluding hydrogens is 495 g/mol. The average Bonchev–Trinajstić information content (AvgIpc) is 2.77. The Bertz CT molecular complexity index is 619. The minimum atomic E-state index is 0. The molecule has 0 radical (unpaired) electrons. The highest BCUT2D eigenvalue weighted by atomic mass is 127. The highest BCUT2D eigenvalue weighted by molar-refractivity contribution is 14.0. The molecule has 7 nitrogen and oxygen atoms in total. The van der Waals surface area contributed by atoms with Crippen molar-refractivity contribution in [1.82, 2.24) is 15.5 Å². The maximum Gasteiger partial charge on any atom is 0.224 e. The standard InChI is InChI=1S/C22H36N4O3.HI/c1-3-29-17-7-13-23-22(25-18-19-8-10-20(28-2)11-9-19)24-14-12-21(27)26-15-5-4-6-16-26;/h8-11H,3-7,12-18H2,1-2H3,(H2,23,24,25);1H. The van der Waals surface area contributed by atoms with Gasteiger partial charge in [-0.3, -0.25) is 4.79 Å². The van der Waals surface area contributed by atoms with Crippen molar-refractivity contribution in [3.05, 3.63) is 29.8 Å². The van der Waals surface area contributed by atoms with Crippen LogP contribution in [-0.2, 0) is 16.1 Å². The van der Waals surface area contributed by atoms with Crippen molar-refractivity contribution in [3.8, 4) is 5.75 Å². The number of carbonyl (C=O) groups excluding carboxylic acids is 1. The van der Waals surface area contributed by atoms with Gasteiger partial charge in [0.2, 0.25) is 5.91 Å². The van der Waals surface area contributed by atoms with Gasteiger partial charge in [0.25, 0.3) is 0 Å². The van der Waals surface area contributed by atoms with Crippen molar-refractivity contribution >= 4 is 35.8 Å². The van der Waals surface area contributed by atoms with Gasteiger partial charge in [-0.2, -0.15) is 0 Å². The number of carbonyl (C=O) groups is 1. The van der Waals surface area contributed by atoms with Gasteiger partial charge in [0.15, 0.2) is 5.96 Å². The minimum Gasteiger partial charge on any atom is -0.497 e. The van der Waals surface area contributed by atoms with Crippen LogP contribution >= 0.6 is 24.0 Å². The van der Waals surface area contributed by atoms with Gasteiger partial charge < -0.3 is 25.0 Å². The monoisotopic (exact) mass is 532 g/mol. The summed E-state index contributed by atoms with van der Waals surface area (Å²) in [6.07, 6.45) is 4.87. The first-order valence-corrected chi connectivity index (χ1v) is 10.7. The van der Waals surface area contributed by atoms with E-state index in [2.05, 4.69) is 15.6 Å². The number of nitrogens with zero attached hydrogens (tertiary/aromatic N) is 2. The lowest BCUT2D eigenvalue weighted by atomic mass is 10.1. The Morgan fingerprint density at radius 2 is 1.80 bits per heavy atom. The van der Waals surface area contributed by atoms with E-state index in [1.807, 2.05) is 36.1 Å². The topological polar surface area (TPSA) is 75.2 Å². The van der Waals surface area contributed by atoms with Gasteiger partial charge in [0.05, 0.1) is 13.7 Å². The molecule has 1 saturated heterocycles. The van der Waals surface area contributed by atoms with Crippen molar-refractivity contribution in [2.24, 2.45) is 4.99 Å². The molecular formula is C22H37IN4O3. The third-order valence-electron chi connectivity index (χ3n) is 4.88. The van der Waals surface area contributed by atoms with Crippen LogP contribution in [0.1, 0.15) is 44.6 Å². The van der Waals surface area contributed by atoms with Crippen LogP contribution in [0.2, 0.25) is 0 Å². The number of ether oxygens (including phenoxy) is 2. The average molecular weight is 532 g/mol. The number of likely N-dealkylation sites (tertiary alicyclic amines) is 1. The SMILES string of the molecule is CCOCCCNC(=NCc1ccc(OC)cc1)NCCC(=O)N1CCCCC1.I. The molecule has 1 amide bonds. The van der Waals surface area contributed by atoms with Crippen LogP contribution < -0.4 is 15.4 Å². The van der Waals surface area contributed by atoms with E-state index in [1.54, 1.807) is 7.11 Å². The third kappa shape index (κ3) is 10.5. The molecule has 1 aromatic carbocycles. The molecule has 30 heavy (non-hydrogen) atoms. The van der Waals surface area contributed by atoms with Crippen molar-refractivity contribution in [2.45, 2.75) is 45.6 Å². The molecule has 0 unspecified atom stereocenters. The molecule has 0 bridgehead atoms. The Morgan fingerprint density at radius 1 is 1.10 bits per heavy atom. The van der Waals surface area contributed by atoms with Gasteiger partial charge in [0, 0.05) is 45.8 Å². The van der Waals surface area contributed by atoms with E-state index in [0.717, 1.165) is 69.4 Å². The second kappa shape index (κ2) is 16.2. The van der Waals surface area contributed by atoms with Crippen molar-refractivity contribution < 1.29 is 14.3 Å². The van der Waals surface area contributed by atoms with Crippen LogP contribution in [0.25, 0.3) is 0 Å². The quantitative estimate of drug-likeness (QED) is 0.198. The summed E-state index contributed by atoms with van der Waals surface area (Å²) in [5, 5.41) is 6.63. The predicted octanol–water partition coefficient (Wildman–Crippen LogP) is 3.18. The number of hydrogen-bond acceptors (Lipinski definition) is 4. The first-order chi connectivity index (χ1) is 14.2. The van der Waals surface area contributed by atoms with Gasteiger partial charge in [-0.1, -0.05) is 12.1 Å². The normalized spacial score (nSPS) is 14.1. The van der Waals surface area contributed by atoms with Gasteiger partial charge in [-0.15, -0.1) is 24.0 Å². The molecule has 0 saturated carbocycles. The van der Waals surface area contributed by atoms with E-state index in [1.165, 1.54) is 6.42 Å². The summed E-state index contributed by atoms with van der Waals surface area (Å²) in [5.74, 6) is 1.79. The van der Waals surface area contributed by atoms with Crippen LogP contribution in [0, 0.1) is 0 Å². The molecule has 8 heteroatoms. The zero-order valence-corrected chi connectivity index (χ0v) is 20.7. The first-order valence-electron chi connectivity index (χ1n) is 10.7. The first kappa shape index (κ1) is 26.5.